The van der Waals surface area contributed by atoms with Gasteiger partial charge in [-0.05, 0) is 13.0 Å². The molecule has 1 heterocycles. The van der Waals surface area contributed by atoms with Crippen LogP contribution in [-0.4, -0.2) is 30.3 Å². The smallest absolute Gasteiger partial charge is 0.309 e. The van der Waals surface area contributed by atoms with Crippen LogP contribution in [0.1, 0.15) is 6.42 Å². The first kappa shape index (κ1) is 7.47. The number of carbonyl (C=O) groups is 1. The fraction of sp³-hybridized carbons (Fsp3) is 0.833. The molecule has 0 amide bonds. The van der Waals surface area contributed by atoms with Crippen molar-refractivity contribution in [2.24, 2.45) is 5.92 Å². The Kier molecular flexibility index (Phi) is 2.21. The minimum absolute atomic E-state index is 0.178. The van der Waals surface area contributed by atoms with E-state index in [0.29, 0.717) is 13.0 Å². The van der Waals surface area contributed by atoms with E-state index >= 15 is 0 Å². The molecule has 0 aromatic heterocycles. The van der Waals surface area contributed by atoms with Crippen molar-refractivity contribution in [2.45, 2.75) is 12.6 Å². The van der Waals surface area contributed by atoms with Gasteiger partial charge in [0.05, 0.1) is 5.92 Å². The summed E-state index contributed by atoms with van der Waals surface area (Å²) in [5, 5.41) is 11.2. The number of hydrogen-bond donors (Lipinski definition) is 2. The number of alkyl halides is 1. The van der Waals surface area contributed by atoms with Gasteiger partial charge in [0.1, 0.15) is 6.17 Å². The number of carboxylic acid groups (broad SMARTS) is 1. The molecule has 1 aliphatic rings. The molecule has 58 valence electrons. The van der Waals surface area contributed by atoms with Gasteiger partial charge in [-0.15, -0.1) is 0 Å². The van der Waals surface area contributed by atoms with E-state index in [0.717, 1.165) is 0 Å². The van der Waals surface area contributed by atoms with Crippen molar-refractivity contribution in [1.82, 2.24) is 5.32 Å². The zero-order valence-corrected chi connectivity index (χ0v) is 5.51. The summed E-state index contributed by atoms with van der Waals surface area (Å²) in [4.78, 5) is 10.3. The Hall–Kier alpha value is -0.640. The quantitative estimate of drug-likeness (QED) is 0.549. The van der Waals surface area contributed by atoms with E-state index in [4.69, 9.17) is 5.11 Å². The fourth-order valence-corrected chi connectivity index (χ4v) is 1.10. The topological polar surface area (TPSA) is 49.3 Å². The summed E-state index contributed by atoms with van der Waals surface area (Å²) >= 11 is 0. The van der Waals surface area contributed by atoms with E-state index < -0.39 is 18.1 Å². The van der Waals surface area contributed by atoms with E-state index in [2.05, 4.69) is 5.32 Å². The number of piperidine rings is 1. The zero-order chi connectivity index (χ0) is 7.56. The SMILES string of the molecule is O=C(O)C1CCNCC1F. The molecule has 0 aromatic carbocycles. The van der Waals surface area contributed by atoms with Gasteiger partial charge in [0, 0.05) is 6.54 Å². The number of carboxylic acids is 1. The van der Waals surface area contributed by atoms with Crippen molar-refractivity contribution in [2.75, 3.05) is 13.1 Å². The minimum Gasteiger partial charge on any atom is -0.481 e. The number of halogens is 1. The van der Waals surface area contributed by atoms with Crippen LogP contribution in [-0.2, 0) is 4.79 Å². The van der Waals surface area contributed by atoms with E-state index in [9.17, 15) is 9.18 Å². The Bertz CT molecular complexity index is 140. The maximum absolute atomic E-state index is 12.7. The van der Waals surface area contributed by atoms with Crippen molar-refractivity contribution in [3.63, 3.8) is 0 Å². The first-order chi connectivity index (χ1) is 4.72. The van der Waals surface area contributed by atoms with Gasteiger partial charge >= 0.3 is 5.97 Å². The highest BCUT2D eigenvalue weighted by Gasteiger charge is 2.30. The Morgan fingerprint density at radius 2 is 2.40 bits per heavy atom. The lowest BCUT2D eigenvalue weighted by Crippen LogP contribution is -2.41. The molecule has 0 bridgehead atoms. The number of nitrogens with one attached hydrogen (secondary N) is 1. The third kappa shape index (κ3) is 1.44. The highest BCUT2D eigenvalue weighted by atomic mass is 19.1. The zero-order valence-electron chi connectivity index (χ0n) is 5.51. The van der Waals surface area contributed by atoms with Crippen LogP contribution in [0.4, 0.5) is 4.39 Å². The Morgan fingerprint density at radius 1 is 1.70 bits per heavy atom. The lowest BCUT2D eigenvalue weighted by Gasteiger charge is -2.22. The molecule has 0 saturated carbocycles. The summed E-state index contributed by atoms with van der Waals surface area (Å²) in [5.74, 6) is -1.81. The van der Waals surface area contributed by atoms with E-state index in [1.165, 1.54) is 0 Å². The molecule has 0 spiro atoms. The molecule has 0 aromatic rings. The van der Waals surface area contributed by atoms with Crippen LogP contribution < -0.4 is 5.32 Å². The predicted molar refractivity (Wildman–Crippen MR) is 33.5 cm³/mol. The predicted octanol–water partition coefficient (Wildman–Crippen LogP) is 0.0186. The van der Waals surface area contributed by atoms with Gasteiger partial charge in [-0.1, -0.05) is 0 Å². The fourth-order valence-electron chi connectivity index (χ4n) is 1.10. The van der Waals surface area contributed by atoms with Crippen molar-refractivity contribution in [3.05, 3.63) is 0 Å². The summed E-state index contributed by atoms with van der Waals surface area (Å²) in [6.07, 6.45) is -0.817. The number of rotatable bonds is 1. The molecule has 0 aliphatic carbocycles. The second kappa shape index (κ2) is 2.96. The molecule has 3 nitrogen and oxygen atoms in total. The van der Waals surface area contributed by atoms with Crippen molar-refractivity contribution in [1.29, 1.82) is 0 Å². The van der Waals surface area contributed by atoms with Crippen molar-refractivity contribution in [3.8, 4) is 0 Å². The maximum Gasteiger partial charge on any atom is 0.309 e. The second-order valence-electron chi connectivity index (χ2n) is 2.45. The van der Waals surface area contributed by atoms with Crippen LogP contribution in [0, 0.1) is 5.92 Å². The number of hydrogen-bond acceptors (Lipinski definition) is 2. The van der Waals surface area contributed by atoms with Gasteiger partial charge < -0.3 is 10.4 Å². The molecule has 2 atom stereocenters. The highest BCUT2D eigenvalue weighted by Crippen LogP contribution is 2.15. The Balaban J connectivity index is 2.47. The molecule has 1 saturated heterocycles. The van der Waals surface area contributed by atoms with Crippen LogP contribution in [0.15, 0.2) is 0 Å². The average molecular weight is 147 g/mol. The van der Waals surface area contributed by atoms with Crippen LogP contribution in [0.25, 0.3) is 0 Å². The molecule has 1 rings (SSSR count). The molecule has 0 radical (unpaired) electrons. The first-order valence-corrected chi connectivity index (χ1v) is 3.29. The summed E-state index contributed by atoms with van der Waals surface area (Å²) in [6.45, 7) is 0.786. The maximum atomic E-state index is 12.7. The molecule has 2 unspecified atom stereocenters. The largest absolute Gasteiger partial charge is 0.481 e. The second-order valence-corrected chi connectivity index (χ2v) is 2.45. The molecule has 1 fully saturated rings. The number of aliphatic carboxylic acids is 1. The average Bonchev–Trinajstić information content (AvgIpc) is 1.88. The Morgan fingerprint density at radius 3 is 2.80 bits per heavy atom. The molecular weight excluding hydrogens is 137 g/mol. The summed E-state index contributed by atoms with van der Waals surface area (Å²) < 4.78 is 12.7. The Labute approximate surface area is 58.2 Å². The van der Waals surface area contributed by atoms with Gasteiger partial charge in [0.25, 0.3) is 0 Å². The third-order valence-corrected chi connectivity index (χ3v) is 1.73. The lowest BCUT2D eigenvalue weighted by molar-refractivity contribution is -0.144. The van der Waals surface area contributed by atoms with Crippen LogP contribution >= 0.6 is 0 Å². The van der Waals surface area contributed by atoms with Gasteiger partial charge in [0.2, 0.25) is 0 Å². The monoisotopic (exact) mass is 147 g/mol. The molecule has 4 heteroatoms. The van der Waals surface area contributed by atoms with Crippen LogP contribution in [0.3, 0.4) is 0 Å². The molecular formula is C6H10FNO2. The summed E-state index contributed by atoms with van der Waals surface area (Å²) in [6, 6.07) is 0. The summed E-state index contributed by atoms with van der Waals surface area (Å²) in [7, 11) is 0. The van der Waals surface area contributed by atoms with E-state index in [1.807, 2.05) is 0 Å². The van der Waals surface area contributed by atoms with Gasteiger partial charge in [-0.2, -0.15) is 0 Å². The highest BCUT2D eigenvalue weighted by molar-refractivity contribution is 5.70. The first-order valence-electron chi connectivity index (χ1n) is 3.29. The van der Waals surface area contributed by atoms with E-state index in [-0.39, 0.29) is 6.54 Å². The molecule has 10 heavy (non-hydrogen) atoms. The van der Waals surface area contributed by atoms with Gasteiger partial charge in [0.15, 0.2) is 0 Å². The van der Waals surface area contributed by atoms with Crippen LogP contribution in [0.5, 0.6) is 0 Å². The third-order valence-electron chi connectivity index (χ3n) is 1.73. The van der Waals surface area contributed by atoms with E-state index in [1.54, 1.807) is 0 Å². The normalized spacial score (nSPS) is 33.7. The molecule has 1 aliphatic heterocycles. The lowest BCUT2D eigenvalue weighted by atomic mass is 9.97. The standard InChI is InChI=1S/C6H10FNO2/c7-5-3-8-2-1-4(5)6(9)10/h4-5,8H,1-3H2,(H,9,10). The minimum atomic E-state index is -1.22. The van der Waals surface area contributed by atoms with Gasteiger partial charge in [-0.3, -0.25) is 4.79 Å². The van der Waals surface area contributed by atoms with Crippen LogP contribution in [0.2, 0.25) is 0 Å². The molecule has 2 N–H and O–H groups in total. The van der Waals surface area contributed by atoms with Crippen molar-refractivity contribution >= 4 is 5.97 Å². The summed E-state index contributed by atoms with van der Waals surface area (Å²) in [5.41, 5.74) is 0. The van der Waals surface area contributed by atoms with Gasteiger partial charge in [-0.25, -0.2) is 4.39 Å². The van der Waals surface area contributed by atoms with Crippen molar-refractivity contribution < 1.29 is 14.3 Å².